The SMILES string of the molecule is Cc1cc(C)c(C)c(CC(=O)N(C)CC(=O)O)c1C. The maximum Gasteiger partial charge on any atom is 0.323 e. The van der Waals surface area contributed by atoms with Crippen molar-refractivity contribution in [3.8, 4) is 0 Å². The van der Waals surface area contributed by atoms with Gasteiger partial charge in [0.2, 0.25) is 5.91 Å². The number of likely N-dealkylation sites (N-methyl/N-ethyl adjacent to an activating group) is 1. The quantitative estimate of drug-likeness (QED) is 0.904. The Morgan fingerprint density at radius 2 is 1.58 bits per heavy atom. The normalized spacial score (nSPS) is 10.4. The van der Waals surface area contributed by atoms with Gasteiger partial charge in [0.1, 0.15) is 6.54 Å². The van der Waals surface area contributed by atoms with Gasteiger partial charge in [-0.15, -0.1) is 0 Å². The predicted molar refractivity (Wildman–Crippen MR) is 74.4 cm³/mol. The average molecular weight is 263 g/mol. The van der Waals surface area contributed by atoms with Gasteiger partial charge in [-0.1, -0.05) is 6.07 Å². The fourth-order valence-corrected chi connectivity index (χ4v) is 2.14. The molecule has 1 amide bonds. The highest BCUT2D eigenvalue weighted by molar-refractivity contribution is 5.83. The summed E-state index contributed by atoms with van der Waals surface area (Å²) in [5, 5.41) is 8.70. The molecule has 0 aromatic heterocycles. The molecular formula is C15H21NO3. The van der Waals surface area contributed by atoms with Crippen LogP contribution in [0.2, 0.25) is 0 Å². The van der Waals surface area contributed by atoms with Crippen LogP contribution in [0.4, 0.5) is 0 Å². The fourth-order valence-electron chi connectivity index (χ4n) is 2.14. The molecule has 1 N–H and O–H groups in total. The third-order valence-corrected chi connectivity index (χ3v) is 3.65. The first-order valence-corrected chi connectivity index (χ1v) is 6.26. The van der Waals surface area contributed by atoms with Gasteiger partial charge in [-0.25, -0.2) is 0 Å². The summed E-state index contributed by atoms with van der Waals surface area (Å²) < 4.78 is 0. The molecule has 1 aromatic rings. The minimum atomic E-state index is -0.996. The second kappa shape index (κ2) is 5.87. The van der Waals surface area contributed by atoms with Crippen LogP contribution in [-0.2, 0) is 16.0 Å². The summed E-state index contributed by atoms with van der Waals surface area (Å²) in [5.74, 6) is -1.16. The maximum absolute atomic E-state index is 12.0. The van der Waals surface area contributed by atoms with Gasteiger partial charge in [-0.05, 0) is 55.5 Å². The van der Waals surface area contributed by atoms with Gasteiger partial charge in [-0.3, -0.25) is 9.59 Å². The van der Waals surface area contributed by atoms with E-state index in [4.69, 9.17) is 5.11 Å². The van der Waals surface area contributed by atoms with Crippen molar-refractivity contribution in [1.82, 2.24) is 4.90 Å². The molecule has 1 aromatic carbocycles. The van der Waals surface area contributed by atoms with Crippen LogP contribution in [0.15, 0.2) is 6.07 Å². The van der Waals surface area contributed by atoms with E-state index >= 15 is 0 Å². The molecular weight excluding hydrogens is 242 g/mol. The van der Waals surface area contributed by atoms with Gasteiger partial charge >= 0.3 is 5.97 Å². The molecule has 0 radical (unpaired) electrons. The number of aliphatic carboxylic acids is 1. The number of rotatable bonds is 4. The molecule has 0 saturated carbocycles. The van der Waals surface area contributed by atoms with Crippen molar-refractivity contribution in [2.75, 3.05) is 13.6 Å². The Hall–Kier alpha value is -1.84. The smallest absolute Gasteiger partial charge is 0.323 e. The van der Waals surface area contributed by atoms with E-state index in [1.165, 1.54) is 11.9 Å². The zero-order valence-corrected chi connectivity index (χ0v) is 12.2. The largest absolute Gasteiger partial charge is 0.480 e. The molecule has 0 heterocycles. The van der Waals surface area contributed by atoms with Crippen molar-refractivity contribution in [3.05, 3.63) is 33.9 Å². The molecule has 0 bridgehead atoms. The van der Waals surface area contributed by atoms with Crippen molar-refractivity contribution in [1.29, 1.82) is 0 Å². The first-order chi connectivity index (χ1) is 8.73. The lowest BCUT2D eigenvalue weighted by Gasteiger charge is -2.18. The first-order valence-electron chi connectivity index (χ1n) is 6.26. The van der Waals surface area contributed by atoms with Crippen LogP contribution in [0.3, 0.4) is 0 Å². The van der Waals surface area contributed by atoms with Crippen LogP contribution in [-0.4, -0.2) is 35.5 Å². The molecule has 0 spiro atoms. The summed E-state index contributed by atoms with van der Waals surface area (Å²) >= 11 is 0. The minimum Gasteiger partial charge on any atom is -0.480 e. The summed E-state index contributed by atoms with van der Waals surface area (Å²) in [7, 11) is 1.52. The van der Waals surface area contributed by atoms with E-state index in [9.17, 15) is 9.59 Å². The molecule has 0 aliphatic carbocycles. The number of carbonyl (C=O) groups excluding carboxylic acids is 1. The lowest BCUT2D eigenvalue weighted by Crippen LogP contribution is -2.33. The second-order valence-electron chi connectivity index (χ2n) is 5.06. The average Bonchev–Trinajstić information content (AvgIpc) is 2.31. The molecule has 104 valence electrons. The number of carbonyl (C=O) groups is 2. The van der Waals surface area contributed by atoms with Crippen LogP contribution < -0.4 is 0 Å². The van der Waals surface area contributed by atoms with Crippen LogP contribution in [0.25, 0.3) is 0 Å². The Kier molecular flexibility index (Phi) is 4.70. The molecule has 1 rings (SSSR count). The van der Waals surface area contributed by atoms with Gasteiger partial charge in [0.25, 0.3) is 0 Å². The summed E-state index contributed by atoms with van der Waals surface area (Å²) in [6.45, 7) is 7.79. The minimum absolute atomic E-state index is 0.168. The number of hydrogen-bond acceptors (Lipinski definition) is 2. The number of benzene rings is 1. The van der Waals surface area contributed by atoms with Gasteiger partial charge in [0, 0.05) is 7.05 Å². The predicted octanol–water partition coefficient (Wildman–Crippen LogP) is 2.01. The van der Waals surface area contributed by atoms with Gasteiger partial charge in [0.15, 0.2) is 0 Å². The van der Waals surface area contributed by atoms with Crippen molar-refractivity contribution in [2.45, 2.75) is 34.1 Å². The lowest BCUT2D eigenvalue weighted by atomic mass is 9.92. The zero-order chi connectivity index (χ0) is 14.7. The summed E-state index contributed by atoms with van der Waals surface area (Å²) in [6, 6.07) is 2.11. The zero-order valence-electron chi connectivity index (χ0n) is 12.2. The van der Waals surface area contributed by atoms with Crippen molar-refractivity contribution in [3.63, 3.8) is 0 Å². The number of carboxylic acid groups (broad SMARTS) is 1. The van der Waals surface area contributed by atoms with Crippen molar-refractivity contribution in [2.24, 2.45) is 0 Å². The third-order valence-electron chi connectivity index (χ3n) is 3.65. The monoisotopic (exact) mass is 263 g/mol. The molecule has 0 aliphatic rings. The molecule has 0 unspecified atom stereocenters. The van der Waals surface area contributed by atoms with E-state index in [0.717, 1.165) is 27.8 Å². The molecule has 0 atom stereocenters. The standard InChI is InChI=1S/C15H21NO3/c1-9-6-10(2)12(4)13(11(9)3)7-14(17)16(5)8-15(18)19/h6H,7-8H2,1-5H3,(H,18,19). The van der Waals surface area contributed by atoms with Crippen molar-refractivity contribution >= 4 is 11.9 Å². The van der Waals surface area contributed by atoms with Crippen LogP contribution in [0.5, 0.6) is 0 Å². The molecule has 19 heavy (non-hydrogen) atoms. The number of hydrogen-bond donors (Lipinski definition) is 1. The second-order valence-corrected chi connectivity index (χ2v) is 5.06. The van der Waals surface area contributed by atoms with E-state index in [1.807, 2.05) is 27.7 Å². The van der Waals surface area contributed by atoms with Crippen LogP contribution in [0.1, 0.15) is 27.8 Å². The lowest BCUT2D eigenvalue weighted by molar-refractivity contribution is -0.143. The Morgan fingerprint density at radius 3 is 2.00 bits per heavy atom. The molecule has 4 heteroatoms. The molecule has 0 fully saturated rings. The highest BCUT2D eigenvalue weighted by Gasteiger charge is 2.16. The Bertz CT molecular complexity index is 494. The van der Waals surface area contributed by atoms with Gasteiger partial charge < -0.3 is 10.0 Å². The topological polar surface area (TPSA) is 57.6 Å². The van der Waals surface area contributed by atoms with E-state index in [0.29, 0.717) is 0 Å². The van der Waals surface area contributed by atoms with Crippen LogP contribution >= 0.6 is 0 Å². The number of carboxylic acids is 1. The third kappa shape index (κ3) is 3.56. The Morgan fingerprint density at radius 1 is 1.11 bits per heavy atom. The van der Waals surface area contributed by atoms with Gasteiger partial charge in [0.05, 0.1) is 6.42 Å². The summed E-state index contributed by atoms with van der Waals surface area (Å²) in [4.78, 5) is 23.9. The summed E-state index contributed by atoms with van der Waals surface area (Å²) in [6.07, 6.45) is 0.254. The van der Waals surface area contributed by atoms with E-state index < -0.39 is 5.97 Å². The molecule has 0 aliphatic heterocycles. The maximum atomic E-state index is 12.0. The fraction of sp³-hybridized carbons (Fsp3) is 0.467. The first kappa shape index (κ1) is 15.2. The number of amides is 1. The molecule has 0 saturated heterocycles. The summed E-state index contributed by atoms with van der Waals surface area (Å²) in [5.41, 5.74) is 5.55. The van der Waals surface area contributed by atoms with Crippen LogP contribution in [0, 0.1) is 27.7 Å². The van der Waals surface area contributed by atoms with Gasteiger partial charge in [-0.2, -0.15) is 0 Å². The highest BCUT2D eigenvalue weighted by atomic mass is 16.4. The number of nitrogens with zero attached hydrogens (tertiary/aromatic N) is 1. The van der Waals surface area contributed by atoms with E-state index in [1.54, 1.807) is 0 Å². The van der Waals surface area contributed by atoms with E-state index in [2.05, 4.69) is 6.07 Å². The molecule has 4 nitrogen and oxygen atoms in total. The Labute approximate surface area is 114 Å². The van der Waals surface area contributed by atoms with E-state index in [-0.39, 0.29) is 18.9 Å². The highest BCUT2D eigenvalue weighted by Crippen LogP contribution is 2.22. The Balaban J connectivity index is 3.00. The van der Waals surface area contributed by atoms with Crippen molar-refractivity contribution < 1.29 is 14.7 Å². The number of aryl methyl sites for hydroxylation is 2.